The first-order chi connectivity index (χ1) is 27.8. The molecule has 1 fully saturated rings. The molecule has 1 aliphatic rings. The number of rotatable bonds is 23. The lowest BCUT2D eigenvalue weighted by Gasteiger charge is -2.36. The van der Waals surface area contributed by atoms with Crippen molar-refractivity contribution < 1.29 is 14.3 Å². The summed E-state index contributed by atoms with van der Waals surface area (Å²) < 4.78 is 7.53. The number of esters is 1. The van der Waals surface area contributed by atoms with E-state index in [0.717, 1.165) is 102 Å². The normalized spacial score (nSPS) is 18.2. The molecular formula is C48H60N6O3. The predicted octanol–water partition coefficient (Wildman–Crippen LogP) is 10.3. The molecule has 5 rings (SSSR count). The van der Waals surface area contributed by atoms with Gasteiger partial charge in [0.1, 0.15) is 0 Å². The number of benzene rings is 3. The standard InChI is InChI=1S/C48H60N6O3/c1-4-6-21-37(5-2)34-53(29-18-9-10-20-31-57-36(3)55)42-25-14-13-24-41(42)45-47(56)52-46(38(32-49)33-50)48(45,35-51)28-17-7-8-19-30-54-43-26-15-11-22-39(43)40-23-12-16-27-44(40)54/h11-16,22-27,37-38,45-46H,4-10,17-21,28-31,34H2,1-3H3,(H,52,56). The van der Waals surface area contributed by atoms with Gasteiger partial charge in [-0.05, 0) is 68.2 Å². The van der Waals surface area contributed by atoms with E-state index in [0.29, 0.717) is 25.4 Å². The topological polar surface area (TPSA) is 135 Å². The number of amides is 1. The van der Waals surface area contributed by atoms with Gasteiger partial charge in [0.15, 0.2) is 5.92 Å². The second-order valence-electron chi connectivity index (χ2n) is 15.8. The molecule has 1 saturated heterocycles. The molecule has 0 spiro atoms. The van der Waals surface area contributed by atoms with Crippen molar-refractivity contribution in [3.05, 3.63) is 78.4 Å². The molecule has 1 aromatic heterocycles. The van der Waals surface area contributed by atoms with E-state index in [-0.39, 0.29) is 11.9 Å². The molecule has 4 unspecified atom stereocenters. The third-order valence-electron chi connectivity index (χ3n) is 12.1. The first-order valence-electron chi connectivity index (χ1n) is 21.3. The fourth-order valence-electron chi connectivity index (χ4n) is 9.06. The maximum atomic E-state index is 14.2. The van der Waals surface area contributed by atoms with Crippen LogP contribution in [-0.2, 0) is 20.9 Å². The number of unbranched alkanes of at least 4 members (excludes halogenated alkanes) is 7. The van der Waals surface area contributed by atoms with Gasteiger partial charge < -0.3 is 19.5 Å². The molecule has 9 nitrogen and oxygen atoms in total. The van der Waals surface area contributed by atoms with Crippen molar-refractivity contribution in [2.45, 2.75) is 123 Å². The summed E-state index contributed by atoms with van der Waals surface area (Å²) in [5.41, 5.74) is 2.92. The number of ether oxygens (including phenoxy) is 1. The van der Waals surface area contributed by atoms with Crippen molar-refractivity contribution in [1.29, 1.82) is 15.8 Å². The minimum absolute atomic E-state index is 0.256. The summed E-state index contributed by atoms with van der Waals surface area (Å²) >= 11 is 0. The Morgan fingerprint density at radius 1 is 0.842 bits per heavy atom. The lowest BCUT2D eigenvalue weighted by molar-refractivity contribution is -0.141. The third-order valence-corrected chi connectivity index (χ3v) is 12.1. The number of carbonyl (C=O) groups is 2. The highest BCUT2D eigenvalue weighted by Gasteiger charge is 2.59. The van der Waals surface area contributed by atoms with Gasteiger partial charge >= 0.3 is 5.97 Å². The number of hydrogen-bond donors (Lipinski definition) is 1. The van der Waals surface area contributed by atoms with E-state index in [9.17, 15) is 25.4 Å². The minimum atomic E-state index is -1.27. The van der Waals surface area contributed by atoms with Crippen LogP contribution in [-0.4, -0.2) is 42.2 Å². The van der Waals surface area contributed by atoms with Crippen LogP contribution >= 0.6 is 0 Å². The van der Waals surface area contributed by atoms with Crippen LogP contribution in [0, 0.1) is 51.2 Å². The van der Waals surface area contributed by atoms with Gasteiger partial charge in [0, 0.05) is 54.1 Å². The molecule has 9 heteroatoms. The number of para-hydroxylation sites is 3. The third kappa shape index (κ3) is 10.2. The number of carbonyl (C=O) groups excluding carboxylic acids is 2. The van der Waals surface area contributed by atoms with E-state index >= 15 is 0 Å². The quantitative estimate of drug-likeness (QED) is 0.0586. The Kier molecular flexibility index (Phi) is 16.0. The SMILES string of the molecule is CCCCC(CC)CN(CCCCCCOC(C)=O)c1ccccc1C1C(=O)NC(C(C#N)C#N)C1(C#N)CCCCCCn1c2ccccc2c2ccccc21. The number of aromatic nitrogens is 1. The summed E-state index contributed by atoms with van der Waals surface area (Å²) in [6, 6.07) is 30.9. The van der Waals surface area contributed by atoms with Crippen molar-refractivity contribution in [3.8, 4) is 18.2 Å². The zero-order chi connectivity index (χ0) is 40.6. The summed E-state index contributed by atoms with van der Waals surface area (Å²) in [6.07, 6.45) is 12.0. The van der Waals surface area contributed by atoms with Crippen LogP contribution in [0.5, 0.6) is 0 Å². The van der Waals surface area contributed by atoms with E-state index < -0.39 is 23.3 Å². The van der Waals surface area contributed by atoms with Crippen LogP contribution in [0.1, 0.15) is 116 Å². The zero-order valence-electron chi connectivity index (χ0n) is 34.2. The minimum Gasteiger partial charge on any atom is -0.466 e. The predicted molar refractivity (Wildman–Crippen MR) is 227 cm³/mol. The maximum Gasteiger partial charge on any atom is 0.302 e. The van der Waals surface area contributed by atoms with Gasteiger partial charge in [0.2, 0.25) is 5.91 Å². The molecule has 3 aromatic carbocycles. The van der Waals surface area contributed by atoms with Gasteiger partial charge in [-0.3, -0.25) is 9.59 Å². The van der Waals surface area contributed by atoms with Crippen molar-refractivity contribution >= 4 is 39.4 Å². The lowest BCUT2D eigenvalue weighted by atomic mass is 9.65. The molecule has 0 radical (unpaired) electrons. The van der Waals surface area contributed by atoms with Gasteiger partial charge in [0.25, 0.3) is 0 Å². The molecule has 2 heterocycles. The number of nitriles is 3. The number of nitrogens with zero attached hydrogens (tertiary/aromatic N) is 5. The van der Waals surface area contributed by atoms with Crippen LogP contribution in [0.3, 0.4) is 0 Å². The number of hydrogen-bond acceptors (Lipinski definition) is 7. The zero-order valence-corrected chi connectivity index (χ0v) is 34.2. The van der Waals surface area contributed by atoms with Gasteiger partial charge in [-0.2, -0.15) is 15.8 Å². The molecule has 1 amide bonds. The molecule has 300 valence electrons. The van der Waals surface area contributed by atoms with Crippen LogP contribution in [0.2, 0.25) is 0 Å². The monoisotopic (exact) mass is 768 g/mol. The van der Waals surface area contributed by atoms with Gasteiger partial charge in [0.05, 0.1) is 42.2 Å². The number of fused-ring (bicyclic) bond motifs is 3. The first-order valence-corrected chi connectivity index (χ1v) is 21.3. The number of aryl methyl sites for hydroxylation is 1. The lowest BCUT2D eigenvalue weighted by Crippen LogP contribution is -2.43. The summed E-state index contributed by atoms with van der Waals surface area (Å²) in [7, 11) is 0. The maximum absolute atomic E-state index is 14.2. The van der Waals surface area contributed by atoms with Crippen LogP contribution in [0.4, 0.5) is 5.69 Å². The summed E-state index contributed by atoms with van der Waals surface area (Å²) in [4.78, 5) is 27.9. The van der Waals surface area contributed by atoms with Crippen LogP contribution in [0.25, 0.3) is 21.8 Å². The molecule has 0 saturated carbocycles. The Hall–Kier alpha value is -5.33. The largest absolute Gasteiger partial charge is 0.466 e. The second kappa shape index (κ2) is 21.3. The Morgan fingerprint density at radius 2 is 1.47 bits per heavy atom. The molecule has 1 N–H and O–H groups in total. The Bertz CT molecular complexity index is 2000. The van der Waals surface area contributed by atoms with E-state index in [4.69, 9.17) is 4.74 Å². The van der Waals surface area contributed by atoms with E-state index in [1.165, 1.54) is 28.7 Å². The second-order valence-corrected chi connectivity index (χ2v) is 15.8. The highest BCUT2D eigenvalue weighted by molar-refractivity contribution is 6.07. The van der Waals surface area contributed by atoms with E-state index in [1.807, 2.05) is 18.2 Å². The van der Waals surface area contributed by atoms with Crippen molar-refractivity contribution in [2.24, 2.45) is 17.3 Å². The average molecular weight is 769 g/mol. The number of nitrogens with one attached hydrogen (secondary N) is 1. The van der Waals surface area contributed by atoms with Gasteiger partial charge in [-0.25, -0.2) is 0 Å². The molecule has 4 atom stereocenters. The van der Waals surface area contributed by atoms with Crippen LogP contribution < -0.4 is 10.2 Å². The van der Waals surface area contributed by atoms with Crippen molar-refractivity contribution in [2.75, 3.05) is 24.6 Å². The van der Waals surface area contributed by atoms with Crippen molar-refractivity contribution in [1.82, 2.24) is 9.88 Å². The summed E-state index contributed by atoms with van der Waals surface area (Å²) in [6.45, 7) is 8.81. The molecule has 0 aliphatic carbocycles. The molecule has 57 heavy (non-hydrogen) atoms. The smallest absolute Gasteiger partial charge is 0.302 e. The molecule has 4 aromatic rings. The average Bonchev–Trinajstić information content (AvgIpc) is 3.70. The number of anilines is 1. The summed E-state index contributed by atoms with van der Waals surface area (Å²) in [5, 5.41) is 36.9. The van der Waals surface area contributed by atoms with E-state index in [2.05, 4.69) is 101 Å². The van der Waals surface area contributed by atoms with Gasteiger partial charge in [-0.15, -0.1) is 0 Å². The Labute approximate surface area is 339 Å². The van der Waals surface area contributed by atoms with Crippen molar-refractivity contribution in [3.63, 3.8) is 0 Å². The van der Waals surface area contributed by atoms with E-state index in [1.54, 1.807) is 0 Å². The highest BCUT2D eigenvalue weighted by atomic mass is 16.5. The molecular weight excluding hydrogens is 709 g/mol. The fraction of sp³-hybridized carbons (Fsp3) is 0.521. The Balaban J connectivity index is 1.37. The van der Waals surface area contributed by atoms with Gasteiger partial charge in [-0.1, -0.05) is 113 Å². The summed E-state index contributed by atoms with van der Waals surface area (Å²) in [5.74, 6) is -2.06. The fourth-order valence-corrected chi connectivity index (χ4v) is 9.06. The highest BCUT2D eigenvalue weighted by Crippen LogP contribution is 2.51. The Morgan fingerprint density at radius 3 is 2.12 bits per heavy atom. The molecule has 1 aliphatic heterocycles. The van der Waals surface area contributed by atoms with Crippen LogP contribution in [0.15, 0.2) is 72.8 Å². The molecule has 0 bridgehead atoms. The first kappa shape index (κ1) is 42.8.